The zero-order valence-corrected chi connectivity index (χ0v) is 19.6. The molecule has 1 amide bonds. The van der Waals surface area contributed by atoms with Crippen LogP contribution in [0.1, 0.15) is 38.4 Å². The van der Waals surface area contributed by atoms with Gasteiger partial charge in [0.05, 0.1) is 23.4 Å². The van der Waals surface area contributed by atoms with E-state index in [0.717, 1.165) is 34.3 Å². The molecule has 4 aromatic rings. The van der Waals surface area contributed by atoms with E-state index in [0.29, 0.717) is 12.4 Å². The maximum absolute atomic E-state index is 14.0. The smallest absolute Gasteiger partial charge is 0.274 e. The van der Waals surface area contributed by atoms with Crippen LogP contribution in [-0.4, -0.2) is 16.7 Å². The number of carbonyl (C=O) groups is 1. The van der Waals surface area contributed by atoms with Crippen LogP contribution < -0.4 is 10.2 Å². The van der Waals surface area contributed by atoms with Crippen molar-refractivity contribution in [1.29, 1.82) is 5.26 Å². The van der Waals surface area contributed by atoms with E-state index in [1.807, 2.05) is 54.8 Å². The van der Waals surface area contributed by atoms with Crippen molar-refractivity contribution in [2.75, 3.05) is 0 Å². The first-order valence-corrected chi connectivity index (χ1v) is 11.1. The normalized spacial score (nSPS) is 10.9. The second-order valence-corrected chi connectivity index (χ2v) is 8.08. The highest BCUT2D eigenvalue weighted by atomic mass is 19.1. The molecule has 0 saturated heterocycles. The lowest BCUT2D eigenvalue weighted by atomic mass is 10.1. The van der Waals surface area contributed by atoms with E-state index in [2.05, 4.69) is 10.5 Å². The van der Waals surface area contributed by atoms with Crippen LogP contribution in [-0.2, 0) is 6.61 Å². The standard InChI is InChI=1S/C28H22F2N4O2/c1-18-13-22(16-32-33-28(35)26-12-5-21(15-31)14-27(26)30)19(2)34(18)24-8-10-25(11-9-24)36-17-20-3-6-23(29)7-4-20/h3-14,16H,17H2,1-2H3,(H,33,35)/b32-16-. The third kappa shape index (κ3) is 5.47. The van der Waals surface area contributed by atoms with Gasteiger partial charge in [-0.1, -0.05) is 12.1 Å². The van der Waals surface area contributed by atoms with Crippen LogP contribution in [0.3, 0.4) is 0 Å². The first-order chi connectivity index (χ1) is 17.4. The van der Waals surface area contributed by atoms with E-state index in [4.69, 9.17) is 10.00 Å². The van der Waals surface area contributed by atoms with Crippen molar-refractivity contribution < 1.29 is 18.3 Å². The Bertz CT molecular complexity index is 1470. The second kappa shape index (κ2) is 10.7. The second-order valence-electron chi connectivity index (χ2n) is 8.08. The third-order valence-electron chi connectivity index (χ3n) is 5.60. The lowest BCUT2D eigenvalue weighted by Crippen LogP contribution is -2.19. The van der Waals surface area contributed by atoms with Crippen molar-refractivity contribution in [3.05, 3.63) is 118 Å². The van der Waals surface area contributed by atoms with Crippen LogP contribution in [0.2, 0.25) is 0 Å². The Morgan fingerprint density at radius 2 is 1.78 bits per heavy atom. The Hall–Kier alpha value is -4.77. The largest absolute Gasteiger partial charge is 0.489 e. The van der Waals surface area contributed by atoms with Crippen molar-refractivity contribution in [3.8, 4) is 17.5 Å². The number of rotatable bonds is 7. The number of nitrogens with zero attached hydrogens (tertiary/aromatic N) is 3. The number of amides is 1. The number of hydrogen-bond acceptors (Lipinski definition) is 4. The first kappa shape index (κ1) is 24.4. The summed E-state index contributed by atoms with van der Waals surface area (Å²) >= 11 is 0. The predicted molar refractivity (Wildman–Crippen MR) is 132 cm³/mol. The molecule has 1 aromatic heterocycles. The van der Waals surface area contributed by atoms with Gasteiger partial charge in [-0.25, -0.2) is 14.2 Å². The molecule has 8 heteroatoms. The maximum atomic E-state index is 14.0. The van der Waals surface area contributed by atoms with Gasteiger partial charge in [0, 0.05) is 22.6 Å². The van der Waals surface area contributed by atoms with Crippen molar-refractivity contribution in [1.82, 2.24) is 9.99 Å². The van der Waals surface area contributed by atoms with Crippen LogP contribution in [0.4, 0.5) is 8.78 Å². The molecule has 0 spiro atoms. The van der Waals surface area contributed by atoms with E-state index in [1.165, 1.54) is 30.5 Å². The fourth-order valence-corrected chi connectivity index (χ4v) is 3.74. The Morgan fingerprint density at radius 3 is 2.44 bits per heavy atom. The summed E-state index contributed by atoms with van der Waals surface area (Å²) in [7, 11) is 0. The number of ether oxygens (including phenoxy) is 1. The molecule has 1 N–H and O–H groups in total. The van der Waals surface area contributed by atoms with E-state index in [1.54, 1.807) is 12.1 Å². The summed E-state index contributed by atoms with van der Waals surface area (Å²) in [6.45, 7) is 4.21. The molecule has 180 valence electrons. The molecule has 0 fully saturated rings. The van der Waals surface area contributed by atoms with Gasteiger partial charge in [-0.2, -0.15) is 10.4 Å². The fourth-order valence-electron chi connectivity index (χ4n) is 3.74. The summed E-state index contributed by atoms with van der Waals surface area (Å²) in [6, 6.07) is 21.1. The molecular formula is C28H22F2N4O2. The monoisotopic (exact) mass is 484 g/mol. The van der Waals surface area contributed by atoms with Gasteiger partial charge in [-0.3, -0.25) is 4.79 Å². The molecule has 0 aliphatic heterocycles. The van der Waals surface area contributed by atoms with E-state index >= 15 is 0 Å². The van der Waals surface area contributed by atoms with Gasteiger partial charge in [0.1, 0.15) is 24.0 Å². The van der Waals surface area contributed by atoms with Gasteiger partial charge < -0.3 is 9.30 Å². The molecule has 3 aromatic carbocycles. The van der Waals surface area contributed by atoms with Crippen LogP contribution in [0.5, 0.6) is 5.75 Å². The minimum atomic E-state index is -0.787. The highest BCUT2D eigenvalue weighted by Gasteiger charge is 2.13. The minimum absolute atomic E-state index is 0.132. The highest BCUT2D eigenvalue weighted by Crippen LogP contribution is 2.23. The molecule has 0 saturated carbocycles. The fraction of sp³-hybridized carbons (Fsp3) is 0.107. The van der Waals surface area contributed by atoms with Crippen LogP contribution in [0.15, 0.2) is 77.9 Å². The molecule has 36 heavy (non-hydrogen) atoms. The zero-order valence-electron chi connectivity index (χ0n) is 19.6. The third-order valence-corrected chi connectivity index (χ3v) is 5.60. The Balaban J connectivity index is 1.43. The summed E-state index contributed by atoms with van der Waals surface area (Å²) in [6.07, 6.45) is 1.50. The average Bonchev–Trinajstić information content (AvgIpc) is 3.16. The maximum Gasteiger partial charge on any atom is 0.274 e. The van der Waals surface area contributed by atoms with Crippen molar-refractivity contribution >= 4 is 12.1 Å². The summed E-state index contributed by atoms with van der Waals surface area (Å²) in [5.41, 5.74) is 6.68. The summed E-state index contributed by atoms with van der Waals surface area (Å²) < 4.78 is 34.9. The quantitative estimate of drug-likeness (QED) is 0.274. The van der Waals surface area contributed by atoms with Gasteiger partial charge in [-0.05, 0) is 80.1 Å². The molecule has 4 rings (SSSR count). The Labute approximate surface area is 207 Å². The van der Waals surface area contributed by atoms with Gasteiger partial charge >= 0.3 is 0 Å². The molecule has 0 aliphatic carbocycles. The molecule has 0 atom stereocenters. The number of halogens is 2. The topological polar surface area (TPSA) is 79.4 Å². The van der Waals surface area contributed by atoms with Gasteiger partial charge in [0.25, 0.3) is 5.91 Å². The number of hydrazone groups is 1. The van der Waals surface area contributed by atoms with E-state index in [9.17, 15) is 13.6 Å². The lowest BCUT2D eigenvalue weighted by Gasteiger charge is -2.11. The molecule has 6 nitrogen and oxygen atoms in total. The molecule has 0 aliphatic rings. The van der Waals surface area contributed by atoms with Crippen LogP contribution in [0, 0.1) is 36.8 Å². The SMILES string of the molecule is Cc1cc(/C=N\NC(=O)c2ccc(C#N)cc2F)c(C)n1-c1ccc(OCc2ccc(F)cc2)cc1. The summed E-state index contributed by atoms with van der Waals surface area (Å²) in [4.78, 5) is 12.2. The van der Waals surface area contributed by atoms with Gasteiger partial charge in [0.15, 0.2) is 0 Å². The molecule has 1 heterocycles. The molecular weight excluding hydrogens is 462 g/mol. The predicted octanol–water partition coefficient (Wildman–Crippen LogP) is 5.59. The number of aryl methyl sites for hydroxylation is 1. The number of hydrogen-bond donors (Lipinski definition) is 1. The van der Waals surface area contributed by atoms with Gasteiger partial charge in [0.2, 0.25) is 0 Å². The first-order valence-electron chi connectivity index (χ1n) is 11.1. The summed E-state index contributed by atoms with van der Waals surface area (Å²) in [5.74, 6) is -1.10. The zero-order chi connectivity index (χ0) is 25.7. The Kier molecular flexibility index (Phi) is 7.21. The van der Waals surface area contributed by atoms with Crippen molar-refractivity contribution in [2.45, 2.75) is 20.5 Å². The number of aromatic nitrogens is 1. The number of benzene rings is 3. The van der Waals surface area contributed by atoms with Crippen molar-refractivity contribution in [3.63, 3.8) is 0 Å². The summed E-state index contributed by atoms with van der Waals surface area (Å²) in [5, 5.41) is 12.8. The Morgan fingerprint density at radius 1 is 1.06 bits per heavy atom. The van der Waals surface area contributed by atoms with Crippen LogP contribution in [0.25, 0.3) is 5.69 Å². The number of nitrogens with one attached hydrogen (secondary N) is 1. The molecule has 0 bridgehead atoms. The van der Waals surface area contributed by atoms with Crippen molar-refractivity contribution in [2.24, 2.45) is 5.10 Å². The number of carbonyl (C=O) groups excluding carboxylic acids is 1. The highest BCUT2D eigenvalue weighted by molar-refractivity contribution is 5.95. The minimum Gasteiger partial charge on any atom is -0.489 e. The van der Waals surface area contributed by atoms with Gasteiger partial charge in [-0.15, -0.1) is 0 Å². The van der Waals surface area contributed by atoms with E-state index in [-0.39, 0.29) is 16.9 Å². The molecule has 0 unspecified atom stereocenters. The lowest BCUT2D eigenvalue weighted by molar-refractivity contribution is 0.0951. The number of nitriles is 1. The van der Waals surface area contributed by atoms with E-state index < -0.39 is 11.7 Å². The van der Waals surface area contributed by atoms with Crippen LogP contribution >= 0.6 is 0 Å². The molecule has 0 radical (unpaired) electrons. The average molecular weight is 485 g/mol.